The molecule has 2 N–H and O–H groups in total. The largest absolute Gasteiger partial charge is 0.493 e. The zero-order valence-electron chi connectivity index (χ0n) is 12.5. The lowest BCUT2D eigenvalue weighted by Crippen LogP contribution is -2.36. The lowest BCUT2D eigenvalue weighted by molar-refractivity contribution is 0.339. The van der Waals surface area contributed by atoms with E-state index in [2.05, 4.69) is 17.0 Å². The molecule has 1 aromatic carbocycles. The first-order valence-corrected chi connectivity index (χ1v) is 7.07. The Bertz CT molecular complexity index is 653. The first-order chi connectivity index (χ1) is 10.1. The fourth-order valence-corrected chi connectivity index (χ4v) is 2.67. The van der Waals surface area contributed by atoms with Crippen molar-refractivity contribution < 1.29 is 9.47 Å². The molecule has 112 valence electrons. The second-order valence-electron chi connectivity index (χ2n) is 5.31. The fourth-order valence-electron chi connectivity index (χ4n) is 2.67. The molecule has 2 aromatic rings. The Morgan fingerprint density at radius 2 is 2.00 bits per heavy atom. The van der Waals surface area contributed by atoms with Crippen LogP contribution in [0.2, 0.25) is 0 Å². The van der Waals surface area contributed by atoms with Gasteiger partial charge in [0, 0.05) is 18.0 Å². The van der Waals surface area contributed by atoms with Gasteiger partial charge in [0.25, 0.3) is 0 Å². The molecule has 6 nitrogen and oxygen atoms in total. The third-order valence-corrected chi connectivity index (χ3v) is 4.05. The summed E-state index contributed by atoms with van der Waals surface area (Å²) in [4.78, 5) is 4.64. The number of fused-ring (bicyclic) bond motifs is 1. The zero-order chi connectivity index (χ0) is 15.0. The summed E-state index contributed by atoms with van der Waals surface area (Å²) in [6, 6.07) is 6.01. The Kier molecular flexibility index (Phi) is 3.55. The molecule has 6 heteroatoms. The molecule has 0 amide bonds. The summed E-state index contributed by atoms with van der Waals surface area (Å²) in [5.74, 6) is 3.06. The van der Waals surface area contributed by atoms with E-state index < -0.39 is 0 Å². The van der Waals surface area contributed by atoms with Gasteiger partial charge in [-0.25, -0.2) is 9.67 Å². The Morgan fingerprint density at radius 1 is 1.24 bits per heavy atom. The Hall–Kier alpha value is -2.08. The number of hydrogen-bond acceptors (Lipinski definition) is 5. The van der Waals surface area contributed by atoms with Gasteiger partial charge in [0.05, 0.1) is 20.3 Å². The molecule has 0 spiro atoms. The maximum Gasteiger partial charge on any atom is 0.181 e. The highest BCUT2D eigenvalue weighted by Crippen LogP contribution is 2.32. The second-order valence-corrected chi connectivity index (χ2v) is 5.31. The maximum atomic E-state index is 6.10. The van der Waals surface area contributed by atoms with Crippen molar-refractivity contribution in [2.24, 2.45) is 5.73 Å². The third-order valence-electron chi connectivity index (χ3n) is 4.05. The molecule has 1 aliphatic heterocycles. The number of benzene rings is 1. The van der Waals surface area contributed by atoms with E-state index >= 15 is 0 Å². The van der Waals surface area contributed by atoms with Crippen molar-refractivity contribution in [1.82, 2.24) is 14.8 Å². The number of aromatic nitrogens is 3. The van der Waals surface area contributed by atoms with Gasteiger partial charge in [-0.05, 0) is 31.5 Å². The van der Waals surface area contributed by atoms with Crippen LogP contribution in [0, 0.1) is 0 Å². The predicted octanol–water partition coefficient (Wildman–Crippen LogP) is 1.80. The summed E-state index contributed by atoms with van der Waals surface area (Å²) in [5.41, 5.74) is 7.01. The quantitative estimate of drug-likeness (QED) is 0.932. The minimum absolute atomic E-state index is 0.137. The third kappa shape index (κ3) is 2.35. The molecule has 0 radical (unpaired) electrons. The van der Waals surface area contributed by atoms with Crippen LogP contribution in [0.5, 0.6) is 11.5 Å². The van der Waals surface area contributed by atoms with Crippen LogP contribution in [0.4, 0.5) is 0 Å². The Morgan fingerprint density at radius 3 is 2.71 bits per heavy atom. The molecular formula is C15H20N4O2. The van der Waals surface area contributed by atoms with Crippen LogP contribution in [0.3, 0.4) is 0 Å². The summed E-state index contributed by atoms with van der Waals surface area (Å²) in [6.45, 7) is 2.08. The van der Waals surface area contributed by atoms with E-state index in [1.807, 2.05) is 22.9 Å². The number of methoxy groups -OCH3 is 2. The second kappa shape index (κ2) is 5.37. The van der Waals surface area contributed by atoms with Gasteiger partial charge in [0.1, 0.15) is 5.82 Å². The number of hydrogen-bond donors (Lipinski definition) is 1. The summed E-state index contributed by atoms with van der Waals surface area (Å²) >= 11 is 0. The first-order valence-electron chi connectivity index (χ1n) is 7.07. The van der Waals surface area contributed by atoms with Gasteiger partial charge in [-0.15, -0.1) is 0 Å². The summed E-state index contributed by atoms with van der Waals surface area (Å²) in [6.07, 6.45) is 1.82. The number of ether oxygens (including phenoxy) is 2. The molecule has 0 fully saturated rings. The Labute approximate surface area is 123 Å². The van der Waals surface area contributed by atoms with Crippen LogP contribution in [-0.4, -0.2) is 35.0 Å². The lowest BCUT2D eigenvalue weighted by atomic mass is 10.0. The van der Waals surface area contributed by atoms with Gasteiger partial charge in [0.2, 0.25) is 0 Å². The molecule has 0 aliphatic carbocycles. The van der Waals surface area contributed by atoms with Crippen molar-refractivity contribution in [2.75, 3.05) is 14.2 Å². The summed E-state index contributed by atoms with van der Waals surface area (Å²) < 4.78 is 12.5. The number of rotatable bonds is 3. The van der Waals surface area contributed by atoms with Gasteiger partial charge in [-0.1, -0.05) is 0 Å². The minimum Gasteiger partial charge on any atom is -0.493 e. The van der Waals surface area contributed by atoms with Crippen LogP contribution in [0.1, 0.15) is 25.2 Å². The number of nitrogens with two attached hydrogens (primary N) is 1. The fraction of sp³-hybridized carbons (Fsp3) is 0.467. The molecular weight excluding hydrogens is 268 g/mol. The molecule has 0 saturated heterocycles. The Balaban J connectivity index is 2.00. The van der Waals surface area contributed by atoms with Gasteiger partial charge in [-0.2, -0.15) is 5.10 Å². The van der Waals surface area contributed by atoms with Crippen molar-refractivity contribution >= 4 is 0 Å². The molecule has 2 heterocycles. The van der Waals surface area contributed by atoms with Crippen LogP contribution in [-0.2, 0) is 6.42 Å². The maximum absolute atomic E-state index is 6.10. The molecule has 0 bridgehead atoms. The molecule has 3 rings (SSSR count). The highest BCUT2D eigenvalue weighted by atomic mass is 16.5. The van der Waals surface area contributed by atoms with E-state index in [-0.39, 0.29) is 12.1 Å². The summed E-state index contributed by atoms with van der Waals surface area (Å²) in [5, 5.41) is 4.61. The van der Waals surface area contributed by atoms with E-state index in [9.17, 15) is 0 Å². The van der Waals surface area contributed by atoms with Crippen molar-refractivity contribution in [3.8, 4) is 22.9 Å². The van der Waals surface area contributed by atoms with Crippen molar-refractivity contribution in [1.29, 1.82) is 0 Å². The zero-order valence-corrected chi connectivity index (χ0v) is 12.5. The topological polar surface area (TPSA) is 75.2 Å². The number of aryl methyl sites for hydroxylation is 1. The van der Waals surface area contributed by atoms with Crippen LogP contribution in [0.25, 0.3) is 11.4 Å². The van der Waals surface area contributed by atoms with Gasteiger partial charge < -0.3 is 15.2 Å². The highest BCUT2D eigenvalue weighted by molar-refractivity contribution is 5.61. The van der Waals surface area contributed by atoms with Gasteiger partial charge in [0.15, 0.2) is 17.3 Å². The molecule has 0 saturated carbocycles. The molecule has 1 aliphatic rings. The number of nitrogens with zero attached hydrogens (tertiary/aromatic N) is 3. The van der Waals surface area contributed by atoms with E-state index in [1.165, 1.54) is 0 Å². The highest BCUT2D eigenvalue weighted by Gasteiger charge is 2.26. The SMILES string of the molecule is COc1ccc(-c2nc3n(n2)C(C)C(N)CC3)cc1OC. The van der Waals surface area contributed by atoms with Crippen molar-refractivity contribution in [3.05, 3.63) is 24.0 Å². The van der Waals surface area contributed by atoms with E-state index in [0.29, 0.717) is 17.3 Å². The van der Waals surface area contributed by atoms with Crippen LogP contribution >= 0.6 is 0 Å². The molecule has 2 unspecified atom stereocenters. The smallest absolute Gasteiger partial charge is 0.181 e. The van der Waals surface area contributed by atoms with Gasteiger partial charge in [-0.3, -0.25) is 0 Å². The first kappa shape index (κ1) is 13.9. The van der Waals surface area contributed by atoms with Crippen LogP contribution in [0.15, 0.2) is 18.2 Å². The van der Waals surface area contributed by atoms with E-state index in [1.54, 1.807) is 14.2 Å². The average Bonchev–Trinajstić information content (AvgIpc) is 2.95. The van der Waals surface area contributed by atoms with Crippen molar-refractivity contribution in [3.63, 3.8) is 0 Å². The van der Waals surface area contributed by atoms with E-state index in [4.69, 9.17) is 15.2 Å². The standard InChI is InChI=1S/C15H20N4O2/c1-9-11(16)5-7-14-17-15(18-19(9)14)10-4-6-12(20-2)13(8-10)21-3/h4,6,8-9,11H,5,7,16H2,1-3H3. The molecule has 2 atom stereocenters. The average molecular weight is 288 g/mol. The molecule has 1 aromatic heterocycles. The minimum atomic E-state index is 0.137. The van der Waals surface area contributed by atoms with Gasteiger partial charge >= 0.3 is 0 Å². The van der Waals surface area contributed by atoms with E-state index in [0.717, 1.165) is 24.2 Å². The lowest BCUT2D eigenvalue weighted by Gasteiger charge is -2.25. The van der Waals surface area contributed by atoms with Crippen LogP contribution < -0.4 is 15.2 Å². The van der Waals surface area contributed by atoms with Crippen molar-refractivity contribution in [2.45, 2.75) is 31.8 Å². The summed E-state index contributed by atoms with van der Waals surface area (Å²) in [7, 11) is 3.24. The predicted molar refractivity (Wildman–Crippen MR) is 79.6 cm³/mol. The normalized spacial score (nSPS) is 21.0. The monoisotopic (exact) mass is 288 g/mol. The molecule has 21 heavy (non-hydrogen) atoms.